The van der Waals surface area contributed by atoms with Crippen LogP contribution in [-0.2, 0) is 20.0 Å². The minimum atomic E-state index is -0.464. The lowest BCUT2D eigenvalue weighted by atomic mass is 9.93. The molecule has 0 aliphatic heterocycles. The van der Waals surface area contributed by atoms with Crippen LogP contribution in [0.1, 0.15) is 25.1 Å². The molecule has 0 aliphatic carbocycles. The van der Waals surface area contributed by atoms with Crippen molar-refractivity contribution in [3.8, 4) is 0 Å². The van der Waals surface area contributed by atoms with Gasteiger partial charge >= 0.3 is 0 Å². The van der Waals surface area contributed by atoms with Crippen LogP contribution in [0.2, 0.25) is 0 Å². The Bertz CT molecular complexity index is 346. The highest BCUT2D eigenvalue weighted by Gasteiger charge is 2.21. The average Bonchev–Trinajstić information content (AvgIpc) is 2.69. The maximum atomic E-state index is 9.17. The lowest BCUT2D eigenvalue weighted by Crippen LogP contribution is -2.37. The van der Waals surface area contributed by atoms with E-state index in [1.54, 1.807) is 0 Å². The van der Waals surface area contributed by atoms with Gasteiger partial charge in [0.05, 0.1) is 18.9 Å². The molecule has 1 aromatic rings. The molecule has 0 aromatic carbocycles. The van der Waals surface area contributed by atoms with Gasteiger partial charge in [-0.05, 0) is 6.42 Å². The Morgan fingerprint density at radius 2 is 2.06 bits per heavy atom. The van der Waals surface area contributed by atoms with E-state index in [1.165, 1.54) is 5.56 Å². The molecule has 0 saturated carbocycles. The molecule has 0 atom stereocenters. The molecule has 1 aromatic heterocycles. The average molecular weight is 241 g/mol. The van der Waals surface area contributed by atoms with Gasteiger partial charge in [-0.1, -0.05) is 13.8 Å². The van der Waals surface area contributed by atoms with E-state index < -0.39 is 5.41 Å². The molecule has 1 rings (SSSR count). The maximum absolute atomic E-state index is 9.17. The summed E-state index contributed by atoms with van der Waals surface area (Å²) >= 11 is 0. The summed E-state index contributed by atoms with van der Waals surface area (Å²) in [4.78, 5) is 0. The van der Waals surface area contributed by atoms with Crippen LogP contribution in [0.5, 0.6) is 0 Å². The third-order valence-corrected chi connectivity index (χ3v) is 2.96. The van der Waals surface area contributed by atoms with Crippen LogP contribution in [0, 0.1) is 5.41 Å². The Kier molecular flexibility index (Phi) is 5.11. The van der Waals surface area contributed by atoms with Crippen LogP contribution in [0.15, 0.2) is 6.20 Å². The number of hydrogen-bond acceptors (Lipinski definition) is 4. The van der Waals surface area contributed by atoms with Crippen molar-refractivity contribution in [2.24, 2.45) is 12.5 Å². The van der Waals surface area contributed by atoms with Gasteiger partial charge in [-0.15, -0.1) is 0 Å². The van der Waals surface area contributed by atoms with Crippen LogP contribution in [0.4, 0.5) is 0 Å². The van der Waals surface area contributed by atoms with Crippen LogP contribution in [0.25, 0.3) is 0 Å². The zero-order chi connectivity index (χ0) is 12.9. The largest absolute Gasteiger partial charge is 0.396 e. The number of nitrogens with zero attached hydrogens (tertiary/aromatic N) is 2. The van der Waals surface area contributed by atoms with Gasteiger partial charge < -0.3 is 15.5 Å². The minimum absolute atomic E-state index is 0.0236. The van der Waals surface area contributed by atoms with Crippen molar-refractivity contribution >= 4 is 0 Å². The third kappa shape index (κ3) is 3.80. The van der Waals surface area contributed by atoms with Gasteiger partial charge in [-0.25, -0.2) is 0 Å². The lowest BCUT2D eigenvalue weighted by Gasteiger charge is -2.24. The maximum Gasteiger partial charge on any atom is 0.0666 e. The summed E-state index contributed by atoms with van der Waals surface area (Å²) in [7, 11) is 1.91. The highest BCUT2D eigenvalue weighted by Crippen LogP contribution is 2.13. The molecule has 0 spiro atoms. The normalized spacial score (nSPS) is 12.1. The molecule has 98 valence electrons. The first-order valence-electron chi connectivity index (χ1n) is 5.98. The number of aromatic nitrogens is 2. The molecule has 0 unspecified atom stereocenters. The molecular formula is C12H23N3O2. The van der Waals surface area contributed by atoms with Crippen LogP contribution >= 0.6 is 0 Å². The molecule has 3 N–H and O–H groups in total. The summed E-state index contributed by atoms with van der Waals surface area (Å²) in [5.74, 6) is 0. The summed E-state index contributed by atoms with van der Waals surface area (Å²) in [5.41, 5.74) is 1.80. The summed E-state index contributed by atoms with van der Waals surface area (Å²) in [5, 5.41) is 26.0. The highest BCUT2D eigenvalue weighted by molar-refractivity contribution is 5.16. The van der Waals surface area contributed by atoms with Crippen LogP contribution in [-0.4, -0.2) is 39.8 Å². The van der Waals surface area contributed by atoms with Crippen molar-refractivity contribution in [2.75, 3.05) is 19.8 Å². The molecule has 0 saturated heterocycles. The molecule has 5 nitrogen and oxygen atoms in total. The second-order valence-electron chi connectivity index (χ2n) is 4.86. The number of aliphatic hydroxyl groups excluding tert-OH is 2. The van der Waals surface area contributed by atoms with Crippen molar-refractivity contribution in [1.29, 1.82) is 0 Å². The van der Waals surface area contributed by atoms with Gasteiger partial charge in [-0.3, -0.25) is 4.68 Å². The Labute approximate surface area is 102 Å². The van der Waals surface area contributed by atoms with Crippen molar-refractivity contribution < 1.29 is 10.2 Å². The standard InChI is InChI=1S/C12H23N3O2/c1-4-11-10(6-15(3)14-11)5-13-7-12(2,8-16)9-17/h6,13,16-17H,4-5,7-9H2,1-3H3. The van der Waals surface area contributed by atoms with Crippen molar-refractivity contribution in [2.45, 2.75) is 26.8 Å². The molecule has 0 aliphatic rings. The van der Waals surface area contributed by atoms with E-state index in [9.17, 15) is 10.2 Å². The van der Waals surface area contributed by atoms with E-state index in [-0.39, 0.29) is 13.2 Å². The van der Waals surface area contributed by atoms with Gasteiger partial charge in [0.15, 0.2) is 0 Å². The first-order valence-corrected chi connectivity index (χ1v) is 5.98. The Morgan fingerprint density at radius 1 is 1.41 bits per heavy atom. The monoisotopic (exact) mass is 241 g/mol. The van der Waals surface area contributed by atoms with Gasteiger partial charge in [0, 0.05) is 37.3 Å². The fourth-order valence-corrected chi connectivity index (χ4v) is 1.69. The molecule has 1 heterocycles. The number of aliphatic hydroxyl groups is 2. The lowest BCUT2D eigenvalue weighted by molar-refractivity contribution is 0.0695. The van der Waals surface area contributed by atoms with Crippen molar-refractivity contribution in [3.63, 3.8) is 0 Å². The third-order valence-electron chi connectivity index (χ3n) is 2.96. The topological polar surface area (TPSA) is 70.3 Å². The zero-order valence-electron chi connectivity index (χ0n) is 10.9. The number of hydrogen-bond donors (Lipinski definition) is 3. The zero-order valence-corrected chi connectivity index (χ0v) is 10.9. The minimum Gasteiger partial charge on any atom is -0.396 e. The molecule has 0 bridgehead atoms. The van der Waals surface area contributed by atoms with Gasteiger partial charge in [0.1, 0.15) is 0 Å². The number of aryl methyl sites for hydroxylation is 2. The van der Waals surface area contributed by atoms with E-state index in [4.69, 9.17) is 0 Å². The van der Waals surface area contributed by atoms with Crippen molar-refractivity contribution in [3.05, 3.63) is 17.5 Å². The fourth-order valence-electron chi connectivity index (χ4n) is 1.69. The van der Waals surface area contributed by atoms with Gasteiger partial charge in [0.25, 0.3) is 0 Å². The fraction of sp³-hybridized carbons (Fsp3) is 0.750. The Morgan fingerprint density at radius 3 is 2.59 bits per heavy atom. The first-order chi connectivity index (χ1) is 8.04. The molecular weight excluding hydrogens is 218 g/mol. The summed E-state index contributed by atoms with van der Waals surface area (Å²) in [6.07, 6.45) is 2.91. The predicted molar refractivity (Wildman–Crippen MR) is 66.6 cm³/mol. The van der Waals surface area contributed by atoms with Gasteiger partial charge in [0.2, 0.25) is 0 Å². The van der Waals surface area contributed by atoms with E-state index in [1.807, 2.05) is 24.9 Å². The summed E-state index contributed by atoms with van der Waals surface area (Å²) < 4.78 is 1.81. The molecule has 0 radical (unpaired) electrons. The van der Waals surface area contributed by atoms with Gasteiger partial charge in [-0.2, -0.15) is 5.10 Å². The second kappa shape index (κ2) is 6.14. The molecule has 5 heteroatoms. The molecule has 0 amide bonds. The van der Waals surface area contributed by atoms with Crippen molar-refractivity contribution in [1.82, 2.24) is 15.1 Å². The highest BCUT2D eigenvalue weighted by atomic mass is 16.3. The number of rotatable bonds is 7. The Hall–Kier alpha value is -0.910. The second-order valence-corrected chi connectivity index (χ2v) is 4.86. The smallest absolute Gasteiger partial charge is 0.0666 e. The Balaban J connectivity index is 2.50. The predicted octanol–water partition coefficient (Wildman–Crippen LogP) is 0.0630. The first kappa shape index (κ1) is 14.2. The van der Waals surface area contributed by atoms with E-state index in [0.717, 1.165) is 12.1 Å². The van der Waals surface area contributed by atoms with E-state index in [2.05, 4.69) is 17.3 Å². The quantitative estimate of drug-likeness (QED) is 0.631. The van der Waals surface area contributed by atoms with E-state index in [0.29, 0.717) is 13.1 Å². The SMILES string of the molecule is CCc1nn(C)cc1CNCC(C)(CO)CO. The molecule has 17 heavy (non-hydrogen) atoms. The molecule has 0 fully saturated rings. The van der Waals surface area contributed by atoms with Crippen LogP contribution < -0.4 is 5.32 Å². The summed E-state index contributed by atoms with van der Waals surface area (Å²) in [6, 6.07) is 0. The van der Waals surface area contributed by atoms with E-state index >= 15 is 0 Å². The summed E-state index contributed by atoms with van der Waals surface area (Å²) in [6.45, 7) is 5.18. The van der Waals surface area contributed by atoms with Crippen LogP contribution in [0.3, 0.4) is 0 Å². The number of nitrogens with one attached hydrogen (secondary N) is 1.